The first-order chi connectivity index (χ1) is 14.9. The van der Waals surface area contributed by atoms with Crippen molar-refractivity contribution in [2.75, 3.05) is 63.9 Å². The van der Waals surface area contributed by atoms with Crippen LogP contribution in [0, 0.1) is 0 Å². The van der Waals surface area contributed by atoms with Gasteiger partial charge in [0, 0.05) is 57.9 Å². The quantitative estimate of drug-likeness (QED) is 0.501. The van der Waals surface area contributed by atoms with Crippen molar-refractivity contribution in [2.24, 2.45) is 4.99 Å². The molecule has 0 spiro atoms. The van der Waals surface area contributed by atoms with Crippen LogP contribution in [0.4, 0.5) is 5.82 Å². The van der Waals surface area contributed by atoms with Gasteiger partial charge in [0.25, 0.3) is 0 Å². The summed E-state index contributed by atoms with van der Waals surface area (Å²) in [7, 11) is 0. The average Bonchev–Trinajstić information content (AvgIpc) is 3.47. The van der Waals surface area contributed by atoms with Crippen molar-refractivity contribution < 1.29 is 9.15 Å². The van der Waals surface area contributed by atoms with Crippen molar-refractivity contribution >= 4 is 11.8 Å². The fourth-order valence-electron chi connectivity index (χ4n) is 3.86. The number of nitrogens with one attached hydrogen (secondary N) is 2. The smallest absolute Gasteiger partial charge is 0.191 e. The Morgan fingerprint density at radius 2 is 2.10 bits per heavy atom. The lowest BCUT2D eigenvalue weighted by Crippen LogP contribution is -2.46. The van der Waals surface area contributed by atoms with Crippen LogP contribution >= 0.6 is 0 Å². The van der Waals surface area contributed by atoms with Gasteiger partial charge in [-0.05, 0) is 30.7 Å². The molecule has 30 heavy (non-hydrogen) atoms. The average molecular weight is 413 g/mol. The molecule has 0 amide bonds. The molecule has 162 valence electrons. The van der Waals surface area contributed by atoms with Gasteiger partial charge in [-0.2, -0.15) is 0 Å². The molecule has 0 aromatic carbocycles. The van der Waals surface area contributed by atoms with Crippen molar-refractivity contribution in [2.45, 2.75) is 18.9 Å². The molecule has 1 atom stereocenters. The third kappa shape index (κ3) is 6.21. The van der Waals surface area contributed by atoms with Crippen LogP contribution in [0.1, 0.15) is 12.2 Å². The van der Waals surface area contributed by atoms with Gasteiger partial charge in [0.05, 0.1) is 26.0 Å². The second-order valence-electron chi connectivity index (χ2n) is 7.70. The maximum atomic E-state index is 5.44. The predicted octanol–water partition coefficient (Wildman–Crippen LogP) is 1.36. The molecule has 2 fully saturated rings. The molecule has 1 unspecified atom stereocenters. The summed E-state index contributed by atoms with van der Waals surface area (Å²) in [5.41, 5.74) is 0. The monoisotopic (exact) mass is 412 g/mol. The molecule has 8 nitrogen and oxygen atoms in total. The first-order valence-corrected chi connectivity index (χ1v) is 10.9. The number of aromatic nitrogens is 1. The highest BCUT2D eigenvalue weighted by molar-refractivity contribution is 5.80. The molecular weight excluding hydrogens is 380 g/mol. The Balaban J connectivity index is 1.29. The van der Waals surface area contributed by atoms with Crippen molar-refractivity contribution in [3.8, 4) is 0 Å². The Kier molecular flexibility index (Phi) is 7.57. The van der Waals surface area contributed by atoms with E-state index in [0.29, 0.717) is 6.04 Å². The molecule has 0 saturated carbocycles. The van der Waals surface area contributed by atoms with E-state index >= 15 is 0 Å². The lowest BCUT2D eigenvalue weighted by atomic mass is 10.3. The van der Waals surface area contributed by atoms with Crippen LogP contribution in [0.15, 0.2) is 52.2 Å². The molecule has 2 aliphatic rings. The highest BCUT2D eigenvalue weighted by Crippen LogP contribution is 2.17. The number of aliphatic imine (C=N–C) groups is 1. The number of pyridine rings is 1. The predicted molar refractivity (Wildman–Crippen MR) is 118 cm³/mol. The van der Waals surface area contributed by atoms with Gasteiger partial charge in [0.15, 0.2) is 5.96 Å². The summed E-state index contributed by atoms with van der Waals surface area (Å²) in [6.07, 6.45) is 5.47. The molecule has 2 aromatic rings. The number of hydrogen-bond donors (Lipinski definition) is 2. The lowest BCUT2D eigenvalue weighted by Gasteiger charge is -2.26. The van der Waals surface area contributed by atoms with E-state index in [1.54, 1.807) is 6.26 Å². The van der Waals surface area contributed by atoms with E-state index < -0.39 is 0 Å². The molecule has 2 aliphatic heterocycles. The van der Waals surface area contributed by atoms with Gasteiger partial charge < -0.3 is 24.7 Å². The first-order valence-electron chi connectivity index (χ1n) is 10.9. The van der Waals surface area contributed by atoms with Gasteiger partial charge in [-0.1, -0.05) is 6.07 Å². The van der Waals surface area contributed by atoms with Crippen LogP contribution < -0.4 is 15.5 Å². The molecule has 0 radical (unpaired) electrons. The largest absolute Gasteiger partial charge is 0.469 e. The molecular formula is C22H32N6O2. The molecule has 4 heterocycles. The van der Waals surface area contributed by atoms with E-state index in [9.17, 15) is 0 Å². The summed E-state index contributed by atoms with van der Waals surface area (Å²) in [5.74, 6) is 2.90. The summed E-state index contributed by atoms with van der Waals surface area (Å²) in [6, 6.07) is 10.4. The second-order valence-corrected chi connectivity index (χ2v) is 7.70. The van der Waals surface area contributed by atoms with Crippen LogP contribution in [0.3, 0.4) is 0 Å². The zero-order valence-electron chi connectivity index (χ0n) is 17.5. The summed E-state index contributed by atoms with van der Waals surface area (Å²) in [6.45, 7) is 8.07. The minimum atomic E-state index is 0.352. The summed E-state index contributed by atoms with van der Waals surface area (Å²) >= 11 is 0. The van der Waals surface area contributed by atoms with Gasteiger partial charge in [0.1, 0.15) is 11.6 Å². The number of hydrogen-bond acceptors (Lipinski definition) is 6. The van der Waals surface area contributed by atoms with E-state index in [0.717, 1.165) is 89.4 Å². The van der Waals surface area contributed by atoms with Gasteiger partial charge in [-0.15, -0.1) is 0 Å². The fourth-order valence-corrected chi connectivity index (χ4v) is 3.86. The number of guanidine groups is 1. The molecule has 2 saturated heterocycles. The van der Waals surface area contributed by atoms with E-state index in [1.165, 1.54) is 0 Å². The van der Waals surface area contributed by atoms with Crippen molar-refractivity contribution in [3.05, 3.63) is 48.6 Å². The fraction of sp³-hybridized carbons (Fsp3) is 0.545. The Labute approximate surface area is 178 Å². The van der Waals surface area contributed by atoms with Gasteiger partial charge in [-0.3, -0.25) is 9.89 Å². The minimum Gasteiger partial charge on any atom is -0.469 e. The molecule has 4 rings (SSSR count). The summed E-state index contributed by atoms with van der Waals surface area (Å²) in [4.78, 5) is 14.1. The zero-order chi connectivity index (χ0) is 20.4. The number of furan rings is 1. The Bertz CT molecular complexity index is 761. The molecule has 8 heteroatoms. The van der Waals surface area contributed by atoms with Crippen LogP contribution in [-0.4, -0.2) is 80.9 Å². The summed E-state index contributed by atoms with van der Waals surface area (Å²) in [5, 5.41) is 7.11. The third-order valence-corrected chi connectivity index (χ3v) is 5.54. The highest BCUT2D eigenvalue weighted by atomic mass is 16.5. The molecule has 0 aliphatic carbocycles. The normalized spacial score (nSPS) is 20.5. The number of morpholine rings is 1. The standard InChI is InChI=1S/C22H32N6O2/c1-2-8-23-21(5-1)28-11-7-19(18-28)26-22(24-9-6-20-4-3-15-30-20)25-10-12-27-13-16-29-17-14-27/h1-5,8,15,19H,6-7,9-14,16-18H2,(H2,24,25,26). The SMILES string of the molecule is c1ccc(N2CCC(NC(=NCCN3CCOCC3)NCCc3ccco3)C2)nc1. The van der Waals surface area contributed by atoms with Gasteiger partial charge >= 0.3 is 0 Å². The van der Waals surface area contributed by atoms with Crippen LogP contribution in [0.2, 0.25) is 0 Å². The van der Waals surface area contributed by atoms with Crippen LogP contribution in [0.5, 0.6) is 0 Å². The number of ether oxygens (including phenoxy) is 1. The Morgan fingerprint density at radius 3 is 2.90 bits per heavy atom. The number of rotatable bonds is 8. The molecule has 0 bridgehead atoms. The van der Waals surface area contributed by atoms with E-state index in [-0.39, 0.29) is 0 Å². The highest BCUT2D eigenvalue weighted by Gasteiger charge is 2.24. The van der Waals surface area contributed by atoms with Gasteiger partial charge in [0.2, 0.25) is 0 Å². The zero-order valence-corrected chi connectivity index (χ0v) is 17.5. The van der Waals surface area contributed by atoms with Crippen LogP contribution in [0.25, 0.3) is 0 Å². The third-order valence-electron chi connectivity index (χ3n) is 5.54. The van der Waals surface area contributed by atoms with Gasteiger partial charge in [-0.25, -0.2) is 4.98 Å². The second kappa shape index (κ2) is 11.0. The van der Waals surface area contributed by atoms with Crippen molar-refractivity contribution in [1.82, 2.24) is 20.5 Å². The molecule has 2 aromatic heterocycles. The first kappa shape index (κ1) is 20.7. The van der Waals surface area contributed by atoms with E-state index in [2.05, 4.69) is 31.5 Å². The summed E-state index contributed by atoms with van der Waals surface area (Å²) < 4.78 is 10.9. The van der Waals surface area contributed by atoms with Crippen molar-refractivity contribution in [1.29, 1.82) is 0 Å². The van der Waals surface area contributed by atoms with E-state index in [1.807, 2.05) is 30.5 Å². The van der Waals surface area contributed by atoms with Crippen molar-refractivity contribution in [3.63, 3.8) is 0 Å². The topological polar surface area (TPSA) is 78.2 Å². The number of nitrogens with zero attached hydrogens (tertiary/aromatic N) is 4. The Morgan fingerprint density at radius 1 is 1.17 bits per heavy atom. The van der Waals surface area contributed by atoms with Crippen LogP contribution in [-0.2, 0) is 11.2 Å². The Hall–Kier alpha value is -2.58. The minimum absolute atomic E-state index is 0.352. The maximum Gasteiger partial charge on any atom is 0.191 e. The maximum absolute atomic E-state index is 5.44. The molecule has 2 N–H and O–H groups in total. The lowest BCUT2D eigenvalue weighted by molar-refractivity contribution is 0.0394. The van der Waals surface area contributed by atoms with E-state index in [4.69, 9.17) is 14.1 Å². The number of anilines is 1.